The Morgan fingerprint density at radius 1 is 1.29 bits per heavy atom. The maximum absolute atomic E-state index is 12.8. The van der Waals surface area contributed by atoms with Crippen molar-refractivity contribution in [2.24, 2.45) is 0 Å². The molecular formula is C15H24N2O3S. The highest BCUT2D eigenvalue weighted by molar-refractivity contribution is 7.89. The fourth-order valence-corrected chi connectivity index (χ4v) is 4.23. The predicted molar refractivity (Wildman–Crippen MR) is 82.7 cm³/mol. The van der Waals surface area contributed by atoms with Gasteiger partial charge in [-0.2, -0.15) is 4.31 Å². The molecule has 2 rings (SSSR count). The van der Waals surface area contributed by atoms with Gasteiger partial charge in [-0.1, -0.05) is 12.1 Å². The van der Waals surface area contributed by atoms with Crippen molar-refractivity contribution in [2.75, 3.05) is 20.1 Å². The SMILES string of the molecule is CNC(C)c1cccc(S(=O)(=O)N2CC(C)OC(C)C2)c1. The van der Waals surface area contributed by atoms with Gasteiger partial charge in [0.15, 0.2) is 0 Å². The predicted octanol–water partition coefficient (Wildman–Crippen LogP) is 1.76. The van der Waals surface area contributed by atoms with Crippen molar-refractivity contribution in [1.82, 2.24) is 9.62 Å². The van der Waals surface area contributed by atoms with E-state index in [1.165, 1.54) is 4.31 Å². The number of hydrogen-bond acceptors (Lipinski definition) is 4. The quantitative estimate of drug-likeness (QED) is 0.920. The zero-order valence-corrected chi connectivity index (χ0v) is 13.9. The van der Waals surface area contributed by atoms with Gasteiger partial charge in [0, 0.05) is 19.1 Å². The number of hydrogen-bond donors (Lipinski definition) is 1. The van der Waals surface area contributed by atoms with Gasteiger partial charge >= 0.3 is 0 Å². The van der Waals surface area contributed by atoms with Crippen LogP contribution in [0.2, 0.25) is 0 Å². The van der Waals surface area contributed by atoms with E-state index in [-0.39, 0.29) is 18.2 Å². The first-order valence-electron chi connectivity index (χ1n) is 7.27. The number of ether oxygens (including phenoxy) is 1. The Kier molecular flexibility index (Phi) is 5.03. The summed E-state index contributed by atoms with van der Waals surface area (Å²) in [6.45, 7) is 6.61. The van der Waals surface area contributed by atoms with Gasteiger partial charge < -0.3 is 10.1 Å². The lowest BCUT2D eigenvalue weighted by molar-refractivity contribution is -0.0440. The molecule has 0 bridgehead atoms. The first-order valence-corrected chi connectivity index (χ1v) is 8.71. The summed E-state index contributed by atoms with van der Waals surface area (Å²) in [5.74, 6) is 0. The second-order valence-electron chi connectivity index (χ2n) is 5.66. The van der Waals surface area contributed by atoms with Crippen molar-refractivity contribution in [2.45, 2.75) is 43.9 Å². The summed E-state index contributed by atoms with van der Waals surface area (Å²) in [5, 5.41) is 3.13. The average molecular weight is 312 g/mol. The summed E-state index contributed by atoms with van der Waals surface area (Å²) in [5.41, 5.74) is 0.966. The van der Waals surface area contributed by atoms with E-state index in [9.17, 15) is 8.42 Å². The lowest BCUT2D eigenvalue weighted by Crippen LogP contribution is -2.48. The van der Waals surface area contributed by atoms with Crippen LogP contribution in [0, 0.1) is 0 Å². The van der Waals surface area contributed by atoms with Gasteiger partial charge in [-0.3, -0.25) is 0 Å². The maximum atomic E-state index is 12.8. The molecule has 0 saturated carbocycles. The molecule has 3 atom stereocenters. The molecule has 1 saturated heterocycles. The minimum absolute atomic E-state index is 0.0806. The van der Waals surface area contributed by atoms with Gasteiger partial charge in [0.1, 0.15) is 0 Å². The summed E-state index contributed by atoms with van der Waals surface area (Å²) >= 11 is 0. The largest absolute Gasteiger partial charge is 0.373 e. The van der Waals surface area contributed by atoms with Crippen LogP contribution in [0.1, 0.15) is 32.4 Å². The molecule has 0 amide bonds. The Morgan fingerprint density at radius 3 is 2.48 bits per heavy atom. The normalized spacial score (nSPS) is 25.7. The van der Waals surface area contributed by atoms with Gasteiger partial charge in [0.25, 0.3) is 0 Å². The van der Waals surface area contributed by atoms with E-state index in [4.69, 9.17) is 4.74 Å². The Balaban J connectivity index is 2.31. The molecule has 0 aliphatic carbocycles. The van der Waals surface area contributed by atoms with E-state index in [0.29, 0.717) is 18.0 Å². The molecule has 1 N–H and O–H groups in total. The Morgan fingerprint density at radius 2 is 1.90 bits per heavy atom. The fraction of sp³-hybridized carbons (Fsp3) is 0.600. The molecule has 1 heterocycles. The molecule has 1 aromatic carbocycles. The summed E-state index contributed by atoms with van der Waals surface area (Å²) in [6.07, 6.45) is -0.161. The zero-order valence-electron chi connectivity index (χ0n) is 13.0. The van der Waals surface area contributed by atoms with Crippen LogP contribution >= 0.6 is 0 Å². The molecule has 0 aromatic heterocycles. The van der Waals surface area contributed by atoms with Crippen LogP contribution in [-0.2, 0) is 14.8 Å². The van der Waals surface area contributed by atoms with E-state index >= 15 is 0 Å². The lowest BCUT2D eigenvalue weighted by Gasteiger charge is -2.34. The van der Waals surface area contributed by atoms with E-state index in [1.807, 2.05) is 33.9 Å². The van der Waals surface area contributed by atoms with Gasteiger partial charge in [0.2, 0.25) is 10.0 Å². The molecule has 118 valence electrons. The highest BCUT2D eigenvalue weighted by atomic mass is 32.2. The summed E-state index contributed by atoms with van der Waals surface area (Å²) in [6, 6.07) is 7.25. The standard InChI is InChI=1S/C15H24N2O3S/c1-11-9-17(10-12(2)20-11)21(18,19)15-7-5-6-14(8-15)13(3)16-4/h5-8,11-13,16H,9-10H2,1-4H3. The number of morpholine rings is 1. The number of nitrogens with zero attached hydrogens (tertiary/aromatic N) is 1. The van der Waals surface area contributed by atoms with Crippen molar-refractivity contribution in [3.63, 3.8) is 0 Å². The molecule has 1 aliphatic rings. The second-order valence-corrected chi connectivity index (χ2v) is 7.60. The van der Waals surface area contributed by atoms with Gasteiger partial charge in [0.05, 0.1) is 17.1 Å². The van der Waals surface area contributed by atoms with Crippen molar-refractivity contribution < 1.29 is 13.2 Å². The molecule has 0 spiro atoms. The third-order valence-electron chi connectivity index (χ3n) is 3.81. The number of nitrogens with one attached hydrogen (secondary N) is 1. The molecule has 1 aliphatic heterocycles. The monoisotopic (exact) mass is 312 g/mol. The molecule has 21 heavy (non-hydrogen) atoms. The van der Waals surface area contributed by atoms with Crippen LogP contribution in [0.25, 0.3) is 0 Å². The third kappa shape index (κ3) is 3.63. The summed E-state index contributed by atoms with van der Waals surface area (Å²) < 4.78 is 32.7. The summed E-state index contributed by atoms with van der Waals surface area (Å²) in [4.78, 5) is 0.350. The molecule has 1 fully saturated rings. The smallest absolute Gasteiger partial charge is 0.243 e. The van der Waals surface area contributed by atoms with Crippen molar-refractivity contribution >= 4 is 10.0 Å². The van der Waals surface area contributed by atoms with Gasteiger partial charge in [-0.05, 0) is 45.5 Å². The minimum atomic E-state index is -3.47. The number of benzene rings is 1. The fourth-order valence-electron chi connectivity index (χ4n) is 2.59. The summed E-state index contributed by atoms with van der Waals surface area (Å²) in [7, 11) is -1.61. The number of sulfonamides is 1. The highest BCUT2D eigenvalue weighted by Gasteiger charge is 2.32. The molecule has 6 heteroatoms. The number of rotatable bonds is 4. The van der Waals surface area contributed by atoms with E-state index in [1.54, 1.807) is 18.2 Å². The van der Waals surface area contributed by atoms with Gasteiger partial charge in [-0.25, -0.2) is 8.42 Å². The topological polar surface area (TPSA) is 58.6 Å². The molecule has 0 radical (unpaired) electrons. The van der Waals surface area contributed by atoms with E-state index in [0.717, 1.165) is 5.56 Å². The van der Waals surface area contributed by atoms with Crippen LogP contribution in [0.4, 0.5) is 0 Å². The highest BCUT2D eigenvalue weighted by Crippen LogP contribution is 2.23. The van der Waals surface area contributed by atoms with Crippen LogP contribution in [0.3, 0.4) is 0 Å². The Labute approximate surface area is 127 Å². The lowest BCUT2D eigenvalue weighted by atomic mass is 10.1. The third-order valence-corrected chi connectivity index (χ3v) is 5.64. The molecule has 1 aromatic rings. The van der Waals surface area contributed by atoms with Crippen LogP contribution < -0.4 is 5.32 Å². The first-order chi connectivity index (χ1) is 9.84. The molecular weight excluding hydrogens is 288 g/mol. The first kappa shape index (κ1) is 16.4. The Hall–Kier alpha value is -0.950. The van der Waals surface area contributed by atoms with E-state index in [2.05, 4.69) is 5.32 Å². The second kappa shape index (κ2) is 6.44. The van der Waals surface area contributed by atoms with Crippen LogP contribution in [0.15, 0.2) is 29.2 Å². The Bertz CT molecular complexity index is 578. The molecule has 3 unspecified atom stereocenters. The van der Waals surface area contributed by atoms with E-state index < -0.39 is 10.0 Å². The van der Waals surface area contributed by atoms with Crippen molar-refractivity contribution in [3.05, 3.63) is 29.8 Å². The zero-order chi connectivity index (χ0) is 15.6. The minimum Gasteiger partial charge on any atom is -0.373 e. The van der Waals surface area contributed by atoms with Crippen molar-refractivity contribution in [1.29, 1.82) is 0 Å². The van der Waals surface area contributed by atoms with Crippen LogP contribution in [-0.4, -0.2) is 45.1 Å². The van der Waals surface area contributed by atoms with Crippen molar-refractivity contribution in [3.8, 4) is 0 Å². The molecule has 5 nitrogen and oxygen atoms in total. The van der Waals surface area contributed by atoms with Crippen LogP contribution in [0.5, 0.6) is 0 Å². The van der Waals surface area contributed by atoms with Gasteiger partial charge in [-0.15, -0.1) is 0 Å². The maximum Gasteiger partial charge on any atom is 0.243 e. The average Bonchev–Trinajstić information content (AvgIpc) is 2.45.